The van der Waals surface area contributed by atoms with Crippen molar-refractivity contribution < 1.29 is 14.4 Å². The van der Waals surface area contributed by atoms with Gasteiger partial charge in [0, 0.05) is 31.1 Å². The van der Waals surface area contributed by atoms with Crippen LogP contribution in [0.3, 0.4) is 0 Å². The summed E-state index contributed by atoms with van der Waals surface area (Å²) in [6.07, 6.45) is 5.76. The standard InChI is InChI=1S/C23H30N4O3/c28-20-7-6-19(22(29)25-20)27-14-17-3-1-2-16(21(17)23(27)30)13-26-10-8-18(9-11-26)24-12-15-4-5-15/h1-3,15,18-19,24H,4-14H2,(H,25,28,29). The maximum Gasteiger partial charge on any atom is 0.255 e. The van der Waals surface area contributed by atoms with E-state index >= 15 is 0 Å². The smallest absolute Gasteiger partial charge is 0.255 e. The number of carbonyl (C=O) groups is 3. The zero-order valence-electron chi connectivity index (χ0n) is 17.4. The summed E-state index contributed by atoms with van der Waals surface area (Å²) in [6, 6.07) is 6.11. The fraction of sp³-hybridized carbons (Fsp3) is 0.609. The Balaban J connectivity index is 1.23. The molecular weight excluding hydrogens is 380 g/mol. The van der Waals surface area contributed by atoms with Crippen molar-refractivity contribution in [3.05, 3.63) is 34.9 Å². The second-order valence-electron chi connectivity index (χ2n) is 9.25. The second kappa shape index (κ2) is 8.12. The van der Waals surface area contributed by atoms with E-state index in [-0.39, 0.29) is 24.1 Å². The van der Waals surface area contributed by atoms with Crippen LogP contribution < -0.4 is 10.6 Å². The Morgan fingerprint density at radius 2 is 1.83 bits per heavy atom. The average molecular weight is 411 g/mol. The van der Waals surface area contributed by atoms with E-state index in [9.17, 15) is 14.4 Å². The van der Waals surface area contributed by atoms with Gasteiger partial charge in [0.15, 0.2) is 0 Å². The Morgan fingerprint density at radius 3 is 2.57 bits per heavy atom. The number of nitrogens with one attached hydrogen (secondary N) is 2. The van der Waals surface area contributed by atoms with E-state index in [1.165, 1.54) is 19.4 Å². The summed E-state index contributed by atoms with van der Waals surface area (Å²) in [6.45, 7) is 4.46. The molecule has 4 aliphatic rings. The van der Waals surface area contributed by atoms with Crippen LogP contribution in [0.15, 0.2) is 18.2 Å². The van der Waals surface area contributed by atoms with E-state index in [4.69, 9.17) is 0 Å². The first-order valence-corrected chi connectivity index (χ1v) is 11.3. The minimum Gasteiger partial charge on any atom is -0.322 e. The summed E-state index contributed by atoms with van der Waals surface area (Å²) in [5.74, 6) is 0.232. The molecule has 3 fully saturated rings. The van der Waals surface area contributed by atoms with E-state index in [2.05, 4.69) is 15.5 Å². The quantitative estimate of drug-likeness (QED) is 0.693. The second-order valence-corrected chi connectivity index (χ2v) is 9.25. The lowest BCUT2D eigenvalue weighted by molar-refractivity contribution is -0.136. The largest absolute Gasteiger partial charge is 0.322 e. The number of nitrogens with zero attached hydrogens (tertiary/aromatic N) is 2. The van der Waals surface area contributed by atoms with Crippen molar-refractivity contribution >= 4 is 17.7 Å². The van der Waals surface area contributed by atoms with Crippen LogP contribution in [0.1, 0.15) is 60.0 Å². The van der Waals surface area contributed by atoms with Gasteiger partial charge in [0.2, 0.25) is 11.8 Å². The van der Waals surface area contributed by atoms with Gasteiger partial charge in [-0.3, -0.25) is 24.6 Å². The minimum absolute atomic E-state index is 0.0731. The molecule has 1 unspecified atom stereocenters. The molecule has 1 aromatic carbocycles. The van der Waals surface area contributed by atoms with Crippen LogP contribution >= 0.6 is 0 Å². The molecule has 2 N–H and O–H groups in total. The first kappa shape index (κ1) is 19.7. The van der Waals surface area contributed by atoms with E-state index in [1.54, 1.807) is 4.90 Å². The normalized spacial score (nSPS) is 25.5. The molecule has 3 heterocycles. The number of benzene rings is 1. The third-order valence-corrected chi connectivity index (χ3v) is 7.01. The number of fused-ring (bicyclic) bond motifs is 1. The van der Waals surface area contributed by atoms with Gasteiger partial charge < -0.3 is 10.2 Å². The monoisotopic (exact) mass is 410 g/mol. The van der Waals surface area contributed by atoms with E-state index in [0.717, 1.165) is 55.1 Å². The summed E-state index contributed by atoms with van der Waals surface area (Å²) in [5.41, 5.74) is 2.80. The van der Waals surface area contributed by atoms with Crippen LogP contribution in [-0.4, -0.2) is 59.2 Å². The highest BCUT2D eigenvalue weighted by Crippen LogP contribution is 2.31. The molecule has 0 radical (unpaired) electrons. The van der Waals surface area contributed by atoms with Crippen molar-refractivity contribution in [1.29, 1.82) is 0 Å². The van der Waals surface area contributed by atoms with Gasteiger partial charge in [0.1, 0.15) is 6.04 Å². The topological polar surface area (TPSA) is 81.8 Å². The number of likely N-dealkylation sites (tertiary alicyclic amines) is 1. The summed E-state index contributed by atoms with van der Waals surface area (Å²) >= 11 is 0. The predicted octanol–water partition coefficient (Wildman–Crippen LogP) is 1.41. The Kier molecular flexibility index (Phi) is 5.33. The van der Waals surface area contributed by atoms with Crippen molar-refractivity contribution in [1.82, 2.24) is 20.4 Å². The lowest BCUT2D eigenvalue weighted by atomic mass is 10.00. The minimum atomic E-state index is -0.552. The van der Waals surface area contributed by atoms with Gasteiger partial charge in [0.25, 0.3) is 5.91 Å². The van der Waals surface area contributed by atoms with Crippen molar-refractivity contribution in [3.63, 3.8) is 0 Å². The first-order valence-electron chi connectivity index (χ1n) is 11.3. The van der Waals surface area contributed by atoms with Gasteiger partial charge in [-0.1, -0.05) is 18.2 Å². The van der Waals surface area contributed by atoms with E-state index in [0.29, 0.717) is 19.0 Å². The fourth-order valence-electron chi connectivity index (χ4n) is 5.01. The first-order chi connectivity index (χ1) is 14.6. The third kappa shape index (κ3) is 4.01. The number of imide groups is 1. The zero-order chi connectivity index (χ0) is 20.7. The molecule has 1 aliphatic carbocycles. The van der Waals surface area contributed by atoms with Crippen molar-refractivity contribution in [2.24, 2.45) is 5.92 Å². The third-order valence-electron chi connectivity index (χ3n) is 7.01. The van der Waals surface area contributed by atoms with Crippen molar-refractivity contribution in [3.8, 4) is 0 Å². The Bertz CT molecular complexity index is 858. The summed E-state index contributed by atoms with van der Waals surface area (Å²) < 4.78 is 0. The molecule has 3 aliphatic heterocycles. The SMILES string of the molecule is O=C1CCC(N2Cc3cccc(CN4CCC(NCC5CC5)CC4)c3C2=O)C(=O)N1. The van der Waals surface area contributed by atoms with Gasteiger partial charge in [-0.05, 0) is 68.8 Å². The fourth-order valence-corrected chi connectivity index (χ4v) is 5.01. The molecule has 1 saturated carbocycles. The van der Waals surface area contributed by atoms with E-state index < -0.39 is 6.04 Å². The average Bonchev–Trinajstić information content (AvgIpc) is 3.50. The molecule has 5 rings (SSSR count). The molecule has 1 atom stereocenters. The van der Waals surface area contributed by atoms with Crippen LogP contribution in [0.25, 0.3) is 0 Å². The lowest BCUT2D eigenvalue weighted by Crippen LogP contribution is -2.52. The predicted molar refractivity (Wildman–Crippen MR) is 112 cm³/mol. The van der Waals surface area contributed by atoms with Gasteiger partial charge in [-0.2, -0.15) is 0 Å². The van der Waals surface area contributed by atoms with Crippen LogP contribution in [-0.2, 0) is 22.7 Å². The van der Waals surface area contributed by atoms with Crippen LogP contribution in [0.2, 0.25) is 0 Å². The highest BCUT2D eigenvalue weighted by molar-refractivity contribution is 6.05. The molecular formula is C23H30N4O3. The highest BCUT2D eigenvalue weighted by atomic mass is 16.2. The number of amides is 3. The number of rotatable bonds is 6. The van der Waals surface area contributed by atoms with Gasteiger partial charge in [-0.15, -0.1) is 0 Å². The maximum atomic E-state index is 13.2. The molecule has 30 heavy (non-hydrogen) atoms. The molecule has 0 bridgehead atoms. The van der Waals surface area contributed by atoms with Crippen molar-refractivity contribution in [2.75, 3.05) is 19.6 Å². The highest BCUT2D eigenvalue weighted by Gasteiger charge is 2.40. The number of hydrogen-bond acceptors (Lipinski definition) is 5. The molecule has 7 heteroatoms. The summed E-state index contributed by atoms with van der Waals surface area (Å²) in [4.78, 5) is 41.0. The molecule has 2 saturated heterocycles. The summed E-state index contributed by atoms with van der Waals surface area (Å²) in [7, 11) is 0. The molecule has 3 amide bonds. The Morgan fingerprint density at radius 1 is 1.03 bits per heavy atom. The summed E-state index contributed by atoms with van der Waals surface area (Å²) in [5, 5.41) is 6.09. The molecule has 0 spiro atoms. The van der Waals surface area contributed by atoms with Gasteiger partial charge in [-0.25, -0.2) is 0 Å². The Hall–Kier alpha value is -2.25. The number of carbonyl (C=O) groups excluding carboxylic acids is 3. The van der Waals surface area contributed by atoms with E-state index in [1.807, 2.05) is 18.2 Å². The van der Waals surface area contributed by atoms with Crippen LogP contribution in [0.5, 0.6) is 0 Å². The Labute approximate surface area is 177 Å². The molecule has 0 aromatic heterocycles. The van der Waals surface area contributed by atoms with Gasteiger partial charge >= 0.3 is 0 Å². The molecule has 160 valence electrons. The lowest BCUT2D eigenvalue weighted by Gasteiger charge is -2.33. The van der Waals surface area contributed by atoms with Crippen LogP contribution in [0.4, 0.5) is 0 Å². The van der Waals surface area contributed by atoms with Crippen LogP contribution in [0, 0.1) is 5.92 Å². The van der Waals surface area contributed by atoms with Crippen molar-refractivity contribution in [2.45, 2.75) is 63.7 Å². The van der Waals surface area contributed by atoms with Gasteiger partial charge in [0.05, 0.1) is 0 Å². The molecule has 7 nitrogen and oxygen atoms in total. The molecule has 1 aromatic rings. The maximum absolute atomic E-state index is 13.2. The number of piperidine rings is 2. The number of hydrogen-bond donors (Lipinski definition) is 2. The zero-order valence-corrected chi connectivity index (χ0v) is 17.4.